The first-order chi connectivity index (χ1) is 8.55. The highest BCUT2D eigenvalue weighted by atomic mass is 19.4. The maximum atomic E-state index is 12.5. The molecule has 0 amide bonds. The number of anilines is 1. The van der Waals surface area contributed by atoms with Crippen molar-refractivity contribution < 1.29 is 13.2 Å². The lowest BCUT2D eigenvalue weighted by Crippen LogP contribution is -2.26. The van der Waals surface area contributed by atoms with Gasteiger partial charge in [-0.05, 0) is 38.1 Å². The Morgan fingerprint density at radius 2 is 2.00 bits per heavy atom. The van der Waals surface area contributed by atoms with Crippen LogP contribution in [0.2, 0.25) is 0 Å². The van der Waals surface area contributed by atoms with E-state index in [2.05, 4.69) is 15.2 Å². The average molecular weight is 259 g/mol. The molecular weight excluding hydrogens is 243 g/mol. The molecule has 0 unspecified atom stereocenters. The van der Waals surface area contributed by atoms with E-state index >= 15 is 0 Å². The third kappa shape index (κ3) is 3.60. The summed E-state index contributed by atoms with van der Waals surface area (Å²) < 4.78 is 37.4. The fourth-order valence-corrected chi connectivity index (χ4v) is 2.05. The van der Waals surface area contributed by atoms with E-state index in [4.69, 9.17) is 0 Å². The molecular formula is C12H16F3N3. The van der Waals surface area contributed by atoms with E-state index in [1.165, 1.54) is 19.0 Å². The minimum atomic E-state index is -4.31. The van der Waals surface area contributed by atoms with Gasteiger partial charge in [-0.1, -0.05) is 0 Å². The van der Waals surface area contributed by atoms with Crippen LogP contribution in [0.25, 0.3) is 0 Å². The second-order valence-electron chi connectivity index (χ2n) is 4.40. The molecule has 3 nitrogen and oxygen atoms in total. The summed E-state index contributed by atoms with van der Waals surface area (Å²) in [6.45, 7) is 3.63. The molecule has 1 aliphatic heterocycles. The number of hydrogen-bond donors (Lipinski definition) is 1. The minimum absolute atomic E-state index is 0.282. The number of nitrogens with one attached hydrogen (secondary N) is 1. The number of likely N-dealkylation sites (tertiary alicyclic amines) is 1. The lowest BCUT2D eigenvalue weighted by atomic mass is 10.2. The zero-order valence-electron chi connectivity index (χ0n) is 10.0. The zero-order chi connectivity index (χ0) is 13.0. The molecule has 1 N–H and O–H groups in total. The van der Waals surface area contributed by atoms with E-state index in [-0.39, 0.29) is 5.82 Å². The highest BCUT2D eigenvalue weighted by molar-refractivity contribution is 5.38. The average Bonchev–Trinajstić information content (AvgIpc) is 2.81. The molecule has 1 saturated heterocycles. The van der Waals surface area contributed by atoms with Crippen molar-refractivity contribution >= 4 is 5.82 Å². The van der Waals surface area contributed by atoms with Crippen LogP contribution in [-0.2, 0) is 6.18 Å². The van der Waals surface area contributed by atoms with Crippen LogP contribution < -0.4 is 5.32 Å². The fourth-order valence-electron chi connectivity index (χ4n) is 2.05. The lowest BCUT2D eigenvalue weighted by Gasteiger charge is -2.15. The largest absolute Gasteiger partial charge is 0.416 e. The van der Waals surface area contributed by atoms with Crippen molar-refractivity contribution in [1.29, 1.82) is 0 Å². The molecule has 6 heteroatoms. The van der Waals surface area contributed by atoms with Gasteiger partial charge in [0.1, 0.15) is 5.82 Å². The molecule has 0 atom stereocenters. The third-order valence-corrected chi connectivity index (χ3v) is 3.02. The van der Waals surface area contributed by atoms with Crippen molar-refractivity contribution in [2.24, 2.45) is 0 Å². The number of nitrogens with zero attached hydrogens (tertiary/aromatic N) is 2. The minimum Gasteiger partial charge on any atom is -0.369 e. The van der Waals surface area contributed by atoms with Crippen molar-refractivity contribution in [3.8, 4) is 0 Å². The molecule has 0 saturated carbocycles. The van der Waals surface area contributed by atoms with Crippen molar-refractivity contribution in [2.45, 2.75) is 19.0 Å². The van der Waals surface area contributed by atoms with E-state index in [0.29, 0.717) is 6.54 Å². The van der Waals surface area contributed by atoms with Gasteiger partial charge in [0.25, 0.3) is 0 Å². The van der Waals surface area contributed by atoms with Gasteiger partial charge in [0.15, 0.2) is 0 Å². The molecule has 1 aromatic heterocycles. The topological polar surface area (TPSA) is 28.2 Å². The summed E-state index contributed by atoms with van der Waals surface area (Å²) in [5, 5.41) is 2.93. The summed E-state index contributed by atoms with van der Waals surface area (Å²) in [6, 6.07) is 2.02. The van der Waals surface area contributed by atoms with Crippen LogP contribution >= 0.6 is 0 Å². The SMILES string of the molecule is FC(F)(F)c1ccnc(NCCN2CCCC2)c1. The first-order valence-corrected chi connectivity index (χ1v) is 6.05. The van der Waals surface area contributed by atoms with E-state index in [1.54, 1.807) is 0 Å². The maximum absolute atomic E-state index is 12.5. The molecule has 0 aromatic carbocycles. The Morgan fingerprint density at radius 3 is 2.67 bits per heavy atom. The third-order valence-electron chi connectivity index (χ3n) is 3.02. The molecule has 0 bridgehead atoms. The molecule has 100 valence electrons. The van der Waals surface area contributed by atoms with E-state index in [0.717, 1.165) is 31.8 Å². The second kappa shape index (κ2) is 5.56. The van der Waals surface area contributed by atoms with Gasteiger partial charge in [-0.3, -0.25) is 0 Å². The molecule has 0 aliphatic carbocycles. The Balaban J connectivity index is 1.85. The van der Waals surface area contributed by atoms with Gasteiger partial charge in [0.05, 0.1) is 5.56 Å². The van der Waals surface area contributed by atoms with E-state index in [9.17, 15) is 13.2 Å². The van der Waals surface area contributed by atoms with Crippen LogP contribution in [0.1, 0.15) is 18.4 Å². The van der Waals surface area contributed by atoms with Crippen LogP contribution in [0.3, 0.4) is 0 Å². The molecule has 2 rings (SSSR count). The Bertz CT molecular complexity index is 386. The molecule has 2 heterocycles. The monoisotopic (exact) mass is 259 g/mol. The van der Waals surface area contributed by atoms with Gasteiger partial charge in [-0.2, -0.15) is 13.2 Å². The van der Waals surface area contributed by atoms with Crippen molar-refractivity contribution in [1.82, 2.24) is 9.88 Å². The highest BCUT2D eigenvalue weighted by Gasteiger charge is 2.30. The quantitative estimate of drug-likeness (QED) is 0.901. The highest BCUT2D eigenvalue weighted by Crippen LogP contribution is 2.29. The van der Waals surface area contributed by atoms with Crippen LogP contribution in [-0.4, -0.2) is 36.1 Å². The number of halogens is 3. The van der Waals surface area contributed by atoms with Crippen LogP contribution in [0.15, 0.2) is 18.3 Å². The molecule has 18 heavy (non-hydrogen) atoms. The molecule has 1 aromatic rings. The summed E-state index contributed by atoms with van der Waals surface area (Å²) in [7, 11) is 0. The Hall–Kier alpha value is -1.30. The number of pyridine rings is 1. The predicted octanol–water partition coefficient (Wildman–Crippen LogP) is 2.61. The fraction of sp³-hybridized carbons (Fsp3) is 0.583. The van der Waals surface area contributed by atoms with Crippen molar-refractivity contribution in [2.75, 3.05) is 31.5 Å². The number of rotatable bonds is 4. The number of aromatic nitrogens is 1. The predicted molar refractivity (Wildman–Crippen MR) is 63.4 cm³/mol. The molecule has 1 aliphatic rings. The number of hydrogen-bond acceptors (Lipinski definition) is 3. The van der Waals surface area contributed by atoms with Gasteiger partial charge < -0.3 is 10.2 Å². The maximum Gasteiger partial charge on any atom is 0.416 e. The van der Waals surface area contributed by atoms with E-state index in [1.807, 2.05) is 0 Å². The van der Waals surface area contributed by atoms with Crippen molar-refractivity contribution in [3.05, 3.63) is 23.9 Å². The van der Waals surface area contributed by atoms with Gasteiger partial charge in [0.2, 0.25) is 0 Å². The van der Waals surface area contributed by atoms with Gasteiger partial charge in [0, 0.05) is 19.3 Å². The smallest absolute Gasteiger partial charge is 0.369 e. The normalized spacial score (nSPS) is 17.1. The summed E-state index contributed by atoms with van der Waals surface area (Å²) >= 11 is 0. The summed E-state index contributed by atoms with van der Waals surface area (Å²) in [5.74, 6) is 0.282. The Labute approximate surface area is 104 Å². The van der Waals surface area contributed by atoms with Crippen molar-refractivity contribution in [3.63, 3.8) is 0 Å². The summed E-state index contributed by atoms with van der Waals surface area (Å²) in [4.78, 5) is 6.18. The molecule has 0 spiro atoms. The van der Waals surface area contributed by atoms with Crippen LogP contribution in [0.5, 0.6) is 0 Å². The Kier molecular flexibility index (Phi) is 4.06. The van der Waals surface area contributed by atoms with Gasteiger partial charge >= 0.3 is 6.18 Å². The second-order valence-corrected chi connectivity index (χ2v) is 4.40. The van der Waals surface area contributed by atoms with Gasteiger partial charge in [-0.15, -0.1) is 0 Å². The Morgan fingerprint density at radius 1 is 1.28 bits per heavy atom. The standard InChI is InChI=1S/C12H16F3N3/c13-12(14,15)10-3-4-16-11(9-10)17-5-8-18-6-1-2-7-18/h3-4,9H,1-2,5-8H2,(H,16,17). The first kappa shape index (κ1) is 13.1. The summed E-state index contributed by atoms with van der Waals surface area (Å²) in [6.07, 6.45) is -0.709. The summed E-state index contributed by atoms with van der Waals surface area (Å²) in [5.41, 5.74) is -0.666. The van der Waals surface area contributed by atoms with E-state index < -0.39 is 11.7 Å². The first-order valence-electron chi connectivity index (χ1n) is 6.05. The van der Waals surface area contributed by atoms with Crippen LogP contribution in [0, 0.1) is 0 Å². The molecule has 0 radical (unpaired) electrons. The lowest BCUT2D eigenvalue weighted by molar-refractivity contribution is -0.137. The number of alkyl halides is 3. The zero-order valence-corrected chi connectivity index (χ0v) is 10.0. The molecule has 1 fully saturated rings. The van der Waals surface area contributed by atoms with Crippen LogP contribution in [0.4, 0.5) is 19.0 Å². The van der Waals surface area contributed by atoms with Gasteiger partial charge in [-0.25, -0.2) is 4.98 Å².